The SMILES string of the molecule is Cc1[nH]c(=O)sc1S(=O)(=O)N(C)Cc1ccccc1Br. The van der Waals surface area contributed by atoms with Crippen LogP contribution in [0.15, 0.2) is 37.7 Å². The van der Waals surface area contributed by atoms with Crippen molar-refractivity contribution in [3.63, 3.8) is 0 Å². The summed E-state index contributed by atoms with van der Waals surface area (Å²) in [5, 5.41) is 0. The highest BCUT2D eigenvalue weighted by Gasteiger charge is 2.26. The maximum atomic E-state index is 12.4. The molecular formula is C12H13BrN2O3S2. The first-order chi connectivity index (χ1) is 9.32. The van der Waals surface area contributed by atoms with Gasteiger partial charge in [0.1, 0.15) is 0 Å². The first kappa shape index (κ1) is 15.4. The quantitative estimate of drug-likeness (QED) is 0.889. The Morgan fingerprint density at radius 2 is 2.00 bits per heavy atom. The summed E-state index contributed by atoms with van der Waals surface area (Å²) < 4.78 is 27.0. The minimum absolute atomic E-state index is 0.0667. The van der Waals surface area contributed by atoms with Crippen LogP contribution in [0.3, 0.4) is 0 Å². The number of aromatic amines is 1. The Balaban J connectivity index is 2.33. The van der Waals surface area contributed by atoms with Crippen LogP contribution in [-0.2, 0) is 16.6 Å². The van der Waals surface area contributed by atoms with Gasteiger partial charge in [-0.25, -0.2) is 8.42 Å². The predicted octanol–water partition coefficient (Wildman–Crippen LogP) is 2.33. The summed E-state index contributed by atoms with van der Waals surface area (Å²) >= 11 is 4.10. The Morgan fingerprint density at radius 3 is 2.55 bits per heavy atom. The number of rotatable bonds is 4. The molecule has 0 amide bonds. The number of H-pyrrole nitrogens is 1. The van der Waals surface area contributed by atoms with Crippen LogP contribution in [0.25, 0.3) is 0 Å². The molecule has 0 spiro atoms. The van der Waals surface area contributed by atoms with Gasteiger partial charge in [-0.15, -0.1) is 0 Å². The second-order valence-electron chi connectivity index (χ2n) is 4.28. The van der Waals surface area contributed by atoms with Crippen LogP contribution in [0.2, 0.25) is 0 Å². The van der Waals surface area contributed by atoms with Crippen molar-refractivity contribution in [2.24, 2.45) is 0 Å². The lowest BCUT2D eigenvalue weighted by Crippen LogP contribution is -2.26. The lowest BCUT2D eigenvalue weighted by Gasteiger charge is -2.17. The van der Waals surface area contributed by atoms with E-state index >= 15 is 0 Å². The molecule has 1 aromatic carbocycles. The fraction of sp³-hybridized carbons (Fsp3) is 0.250. The van der Waals surface area contributed by atoms with Crippen molar-refractivity contribution < 1.29 is 8.42 Å². The van der Waals surface area contributed by atoms with Crippen molar-refractivity contribution in [1.82, 2.24) is 9.29 Å². The van der Waals surface area contributed by atoms with Crippen LogP contribution in [0.1, 0.15) is 11.3 Å². The highest BCUT2D eigenvalue weighted by Crippen LogP contribution is 2.24. The molecule has 0 aliphatic carbocycles. The lowest BCUT2D eigenvalue weighted by atomic mass is 10.2. The highest BCUT2D eigenvalue weighted by atomic mass is 79.9. The number of aryl methyl sites for hydroxylation is 1. The highest BCUT2D eigenvalue weighted by molar-refractivity contribution is 9.10. The number of benzene rings is 1. The van der Waals surface area contributed by atoms with Gasteiger partial charge in [0.25, 0.3) is 10.0 Å². The number of hydrogen-bond acceptors (Lipinski definition) is 4. The number of nitrogens with zero attached hydrogens (tertiary/aromatic N) is 1. The third kappa shape index (κ3) is 3.03. The Kier molecular flexibility index (Phi) is 4.48. The van der Waals surface area contributed by atoms with Gasteiger partial charge in [0.05, 0.1) is 0 Å². The largest absolute Gasteiger partial charge is 0.315 e. The first-order valence-corrected chi connectivity index (χ1v) is 8.77. The molecule has 108 valence electrons. The van der Waals surface area contributed by atoms with Gasteiger partial charge >= 0.3 is 4.87 Å². The molecule has 20 heavy (non-hydrogen) atoms. The summed E-state index contributed by atoms with van der Waals surface area (Å²) in [6, 6.07) is 7.42. The third-order valence-electron chi connectivity index (χ3n) is 2.78. The van der Waals surface area contributed by atoms with Crippen LogP contribution in [0.5, 0.6) is 0 Å². The van der Waals surface area contributed by atoms with Gasteiger partial charge < -0.3 is 4.98 Å². The molecule has 0 aliphatic rings. The van der Waals surface area contributed by atoms with Gasteiger partial charge in [-0.3, -0.25) is 4.79 Å². The van der Waals surface area contributed by atoms with Crippen molar-refractivity contribution in [3.8, 4) is 0 Å². The molecule has 1 N–H and O–H groups in total. The fourth-order valence-corrected chi connectivity index (χ4v) is 4.78. The van der Waals surface area contributed by atoms with E-state index in [0.717, 1.165) is 10.0 Å². The van der Waals surface area contributed by atoms with E-state index in [1.54, 1.807) is 6.92 Å². The van der Waals surface area contributed by atoms with Crippen LogP contribution in [-0.4, -0.2) is 24.8 Å². The Morgan fingerprint density at radius 1 is 1.35 bits per heavy atom. The van der Waals surface area contributed by atoms with Crippen LogP contribution >= 0.6 is 27.3 Å². The maximum absolute atomic E-state index is 12.4. The normalized spacial score (nSPS) is 12.0. The summed E-state index contributed by atoms with van der Waals surface area (Å²) in [6.45, 7) is 1.81. The molecule has 0 bridgehead atoms. The monoisotopic (exact) mass is 376 g/mol. The zero-order valence-corrected chi connectivity index (χ0v) is 14.1. The van der Waals surface area contributed by atoms with Gasteiger partial charge in [-0.2, -0.15) is 4.31 Å². The molecule has 0 atom stereocenters. The maximum Gasteiger partial charge on any atom is 0.305 e. The van der Waals surface area contributed by atoms with E-state index in [1.807, 2.05) is 24.3 Å². The molecular weight excluding hydrogens is 364 g/mol. The topological polar surface area (TPSA) is 70.2 Å². The van der Waals surface area contributed by atoms with Crippen molar-refractivity contribution in [1.29, 1.82) is 0 Å². The van der Waals surface area contributed by atoms with Gasteiger partial charge in [0.15, 0.2) is 4.21 Å². The van der Waals surface area contributed by atoms with E-state index in [4.69, 9.17) is 0 Å². The molecule has 0 aliphatic heterocycles. The number of sulfonamides is 1. The van der Waals surface area contributed by atoms with Gasteiger partial charge in [0, 0.05) is 23.8 Å². The standard InChI is InChI=1S/C12H13BrN2O3S2/c1-8-11(19-12(16)14-8)20(17,18)15(2)7-9-5-3-4-6-10(9)13/h3-6H,7H2,1-2H3,(H,14,16). The molecule has 0 fully saturated rings. The van der Waals surface area contributed by atoms with E-state index in [0.29, 0.717) is 17.0 Å². The van der Waals surface area contributed by atoms with Crippen LogP contribution in [0.4, 0.5) is 0 Å². The van der Waals surface area contributed by atoms with E-state index < -0.39 is 10.0 Å². The summed E-state index contributed by atoms with van der Waals surface area (Å²) in [5.41, 5.74) is 1.23. The predicted molar refractivity (Wildman–Crippen MR) is 82.5 cm³/mol. The fourth-order valence-electron chi connectivity index (χ4n) is 1.73. The summed E-state index contributed by atoms with van der Waals surface area (Å²) in [5.74, 6) is 0. The minimum atomic E-state index is -3.66. The molecule has 8 heteroatoms. The molecule has 2 rings (SSSR count). The Hall–Kier alpha value is -0.960. The van der Waals surface area contributed by atoms with Crippen molar-refractivity contribution in [2.45, 2.75) is 17.7 Å². The van der Waals surface area contributed by atoms with E-state index in [-0.39, 0.29) is 15.6 Å². The molecule has 2 aromatic rings. The zero-order valence-electron chi connectivity index (χ0n) is 10.9. The first-order valence-electron chi connectivity index (χ1n) is 5.72. The molecule has 0 saturated carbocycles. The third-order valence-corrected chi connectivity index (χ3v) is 6.94. The Labute approximate surface area is 129 Å². The number of aromatic nitrogens is 1. The summed E-state index contributed by atoms with van der Waals surface area (Å²) in [4.78, 5) is 13.4. The van der Waals surface area contributed by atoms with Crippen molar-refractivity contribution in [2.75, 3.05) is 7.05 Å². The molecule has 5 nitrogen and oxygen atoms in total. The van der Waals surface area contributed by atoms with E-state index in [9.17, 15) is 13.2 Å². The minimum Gasteiger partial charge on any atom is -0.315 e. The van der Waals surface area contributed by atoms with Crippen LogP contribution < -0.4 is 4.87 Å². The second kappa shape index (κ2) is 5.80. The average molecular weight is 377 g/mol. The average Bonchev–Trinajstić information content (AvgIpc) is 2.72. The van der Waals surface area contributed by atoms with Crippen molar-refractivity contribution >= 4 is 37.3 Å². The number of hydrogen-bond donors (Lipinski definition) is 1. The molecule has 0 radical (unpaired) electrons. The molecule has 1 heterocycles. The smallest absolute Gasteiger partial charge is 0.305 e. The van der Waals surface area contributed by atoms with Gasteiger partial charge in [-0.1, -0.05) is 45.5 Å². The summed E-state index contributed by atoms with van der Waals surface area (Å²) in [7, 11) is -2.17. The van der Waals surface area contributed by atoms with Gasteiger partial charge in [-0.05, 0) is 18.6 Å². The second-order valence-corrected chi connectivity index (χ2v) is 8.36. The Bertz CT molecular complexity index is 780. The van der Waals surface area contributed by atoms with E-state index in [2.05, 4.69) is 20.9 Å². The molecule has 0 unspecified atom stereocenters. The number of halogens is 1. The molecule has 0 saturated heterocycles. The summed E-state index contributed by atoms with van der Waals surface area (Å²) in [6.07, 6.45) is 0. The molecule has 1 aromatic heterocycles. The van der Waals surface area contributed by atoms with E-state index in [1.165, 1.54) is 11.4 Å². The number of nitrogens with one attached hydrogen (secondary N) is 1. The number of thiazole rings is 1. The van der Waals surface area contributed by atoms with Crippen LogP contribution in [0, 0.1) is 6.92 Å². The van der Waals surface area contributed by atoms with Gasteiger partial charge in [0.2, 0.25) is 0 Å². The zero-order chi connectivity index (χ0) is 14.9. The lowest BCUT2D eigenvalue weighted by molar-refractivity contribution is 0.467. The van der Waals surface area contributed by atoms with Crippen molar-refractivity contribution in [3.05, 3.63) is 49.7 Å².